The molecule has 1 fully saturated rings. The van der Waals surface area contributed by atoms with Crippen molar-refractivity contribution in [1.29, 1.82) is 0 Å². The topological polar surface area (TPSA) is 42.1 Å². The van der Waals surface area contributed by atoms with Gasteiger partial charge in [0.15, 0.2) is 5.13 Å². The molecule has 6 heteroatoms. The van der Waals surface area contributed by atoms with Crippen molar-refractivity contribution in [3.63, 3.8) is 0 Å². The molecule has 0 atom stereocenters. The van der Waals surface area contributed by atoms with Crippen molar-refractivity contribution < 1.29 is 8.78 Å². The Morgan fingerprint density at radius 3 is 2.64 bits per heavy atom. The third-order valence-electron chi connectivity index (χ3n) is 4.16. The second-order valence-electron chi connectivity index (χ2n) is 5.74. The molecule has 1 aromatic heterocycles. The van der Waals surface area contributed by atoms with E-state index in [4.69, 9.17) is 5.73 Å². The van der Waals surface area contributed by atoms with Gasteiger partial charge in [0.2, 0.25) is 0 Å². The Morgan fingerprint density at radius 2 is 2.00 bits per heavy atom. The number of hydrogen-bond acceptors (Lipinski definition) is 4. The molecule has 0 amide bonds. The minimum atomic E-state index is -0.538. The lowest BCUT2D eigenvalue weighted by Gasteiger charge is -2.28. The third kappa shape index (κ3) is 3.62. The van der Waals surface area contributed by atoms with Gasteiger partial charge >= 0.3 is 0 Å². The average molecular weight is 323 g/mol. The van der Waals surface area contributed by atoms with Crippen molar-refractivity contribution in [2.75, 3.05) is 5.73 Å². The summed E-state index contributed by atoms with van der Waals surface area (Å²) in [5.41, 5.74) is 6.22. The van der Waals surface area contributed by atoms with Gasteiger partial charge < -0.3 is 5.73 Å². The Labute approximate surface area is 132 Å². The molecule has 0 radical (unpaired) electrons. The van der Waals surface area contributed by atoms with Crippen LogP contribution in [0.1, 0.15) is 36.1 Å². The highest BCUT2D eigenvalue weighted by atomic mass is 32.1. The highest BCUT2D eigenvalue weighted by Crippen LogP contribution is 2.28. The normalized spacial score (nSPS) is 15.8. The van der Waals surface area contributed by atoms with Crippen LogP contribution in [0.3, 0.4) is 0 Å². The summed E-state index contributed by atoms with van der Waals surface area (Å²) in [6, 6.07) is 4.24. The summed E-state index contributed by atoms with van der Waals surface area (Å²) in [6.07, 6.45) is 6.44. The van der Waals surface area contributed by atoms with Crippen LogP contribution in [0.15, 0.2) is 24.4 Å². The number of halogens is 2. The van der Waals surface area contributed by atoms with Gasteiger partial charge in [0, 0.05) is 41.8 Å². The lowest BCUT2D eigenvalue weighted by atomic mass is 10.1. The highest BCUT2D eigenvalue weighted by Gasteiger charge is 2.24. The fourth-order valence-corrected chi connectivity index (χ4v) is 3.76. The minimum absolute atomic E-state index is 0.438. The van der Waals surface area contributed by atoms with E-state index >= 15 is 0 Å². The molecular weight excluding hydrogens is 304 g/mol. The smallest absolute Gasteiger partial charge is 0.180 e. The molecule has 1 saturated carbocycles. The van der Waals surface area contributed by atoms with Gasteiger partial charge in [0.05, 0.1) is 0 Å². The molecule has 3 nitrogen and oxygen atoms in total. The first kappa shape index (κ1) is 15.4. The lowest BCUT2D eigenvalue weighted by Crippen LogP contribution is -2.32. The van der Waals surface area contributed by atoms with Crippen LogP contribution in [0, 0.1) is 11.6 Å². The van der Waals surface area contributed by atoms with E-state index in [1.54, 1.807) is 6.20 Å². The summed E-state index contributed by atoms with van der Waals surface area (Å²) in [6.45, 7) is 1.19. The molecular formula is C16H19F2N3S. The van der Waals surface area contributed by atoms with Crippen LogP contribution in [-0.4, -0.2) is 15.9 Å². The SMILES string of the molecule is Nc1ncc(CN(Cc2ccc(F)cc2F)C2CCCC2)s1. The van der Waals surface area contributed by atoms with Crippen molar-refractivity contribution >= 4 is 16.5 Å². The number of anilines is 1. The van der Waals surface area contributed by atoms with Crippen molar-refractivity contribution in [3.8, 4) is 0 Å². The highest BCUT2D eigenvalue weighted by molar-refractivity contribution is 7.15. The first-order valence-electron chi connectivity index (χ1n) is 7.50. The molecule has 22 heavy (non-hydrogen) atoms. The Bertz CT molecular complexity index is 638. The van der Waals surface area contributed by atoms with E-state index in [0.29, 0.717) is 29.8 Å². The summed E-state index contributed by atoms with van der Waals surface area (Å²) >= 11 is 1.46. The fraction of sp³-hybridized carbons (Fsp3) is 0.438. The van der Waals surface area contributed by atoms with E-state index in [1.165, 1.54) is 36.3 Å². The summed E-state index contributed by atoms with van der Waals surface area (Å²) in [5, 5.41) is 0.550. The van der Waals surface area contributed by atoms with Gasteiger partial charge in [-0.3, -0.25) is 4.90 Å². The van der Waals surface area contributed by atoms with E-state index in [9.17, 15) is 8.78 Å². The van der Waals surface area contributed by atoms with Crippen molar-refractivity contribution in [2.45, 2.75) is 44.8 Å². The second kappa shape index (κ2) is 6.71. The molecule has 118 valence electrons. The van der Waals surface area contributed by atoms with Gasteiger partial charge in [-0.15, -0.1) is 11.3 Å². The van der Waals surface area contributed by atoms with Gasteiger partial charge in [-0.05, 0) is 18.9 Å². The van der Waals surface area contributed by atoms with Gasteiger partial charge in [0.25, 0.3) is 0 Å². The zero-order valence-electron chi connectivity index (χ0n) is 12.3. The van der Waals surface area contributed by atoms with Crippen LogP contribution in [0.4, 0.5) is 13.9 Å². The zero-order valence-corrected chi connectivity index (χ0v) is 13.1. The predicted molar refractivity (Wildman–Crippen MR) is 84.4 cm³/mol. The van der Waals surface area contributed by atoms with Gasteiger partial charge in [-0.2, -0.15) is 0 Å². The van der Waals surface area contributed by atoms with Gasteiger partial charge in [-0.25, -0.2) is 13.8 Å². The maximum atomic E-state index is 13.9. The molecule has 1 aromatic carbocycles. The van der Waals surface area contributed by atoms with Gasteiger partial charge in [-0.1, -0.05) is 18.9 Å². The average Bonchev–Trinajstić information content (AvgIpc) is 3.12. The minimum Gasteiger partial charge on any atom is -0.375 e. The second-order valence-corrected chi connectivity index (χ2v) is 6.89. The standard InChI is InChI=1S/C16H19F2N3S/c17-12-6-5-11(15(18)7-12)9-21(13-3-1-2-4-13)10-14-8-20-16(19)22-14/h5-8,13H,1-4,9-10H2,(H2,19,20). The van der Waals surface area contributed by atoms with Crippen LogP contribution in [0.25, 0.3) is 0 Å². The number of benzene rings is 1. The number of aromatic nitrogens is 1. The van der Waals surface area contributed by atoms with E-state index < -0.39 is 11.6 Å². The van der Waals surface area contributed by atoms with E-state index in [0.717, 1.165) is 23.8 Å². The molecule has 1 heterocycles. The number of nitrogens with two attached hydrogens (primary N) is 1. The molecule has 2 N–H and O–H groups in total. The molecule has 1 aliphatic rings. The van der Waals surface area contributed by atoms with Crippen LogP contribution >= 0.6 is 11.3 Å². The Hall–Kier alpha value is -1.53. The number of nitrogens with zero attached hydrogens (tertiary/aromatic N) is 2. The van der Waals surface area contributed by atoms with Crippen LogP contribution in [0.5, 0.6) is 0 Å². The first-order chi connectivity index (χ1) is 10.6. The van der Waals surface area contributed by atoms with Crippen molar-refractivity contribution in [2.24, 2.45) is 0 Å². The van der Waals surface area contributed by atoms with Crippen LogP contribution in [0.2, 0.25) is 0 Å². The number of nitrogen functional groups attached to an aromatic ring is 1. The Balaban J connectivity index is 1.78. The number of thiazole rings is 1. The maximum Gasteiger partial charge on any atom is 0.180 e. The molecule has 1 aliphatic carbocycles. The Kier molecular flexibility index (Phi) is 4.69. The van der Waals surface area contributed by atoms with E-state index in [2.05, 4.69) is 9.88 Å². The van der Waals surface area contributed by atoms with Crippen LogP contribution < -0.4 is 5.73 Å². The molecule has 0 spiro atoms. The summed E-state index contributed by atoms with van der Waals surface area (Å²) < 4.78 is 27.0. The summed E-state index contributed by atoms with van der Waals surface area (Å²) in [5.74, 6) is -1.02. The van der Waals surface area contributed by atoms with Crippen molar-refractivity contribution in [1.82, 2.24) is 9.88 Å². The van der Waals surface area contributed by atoms with Crippen molar-refractivity contribution in [3.05, 3.63) is 46.5 Å². The number of hydrogen-bond donors (Lipinski definition) is 1. The van der Waals surface area contributed by atoms with E-state index in [-0.39, 0.29) is 0 Å². The fourth-order valence-electron chi connectivity index (χ4n) is 3.05. The largest absolute Gasteiger partial charge is 0.375 e. The quantitative estimate of drug-likeness (QED) is 0.906. The number of rotatable bonds is 5. The molecule has 0 bridgehead atoms. The maximum absolute atomic E-state index is 13.9. The monoisotopic (exact) mass is 323 g/mol. The molecule has 2 aromatic rings. The molecule has 0 aliphatic heterocycles. The van der Waals surface area contributed by atoms with E-state index in [1.807, 2.05) is 0 Å². The third-order valence-corrected chi connectivity index (χ3v) is 4.97. The zero-order chi connectivity index (χ0) is 15.5. The first-order valence-corrected chi connectivity index (χ1v) is 8.31. The summed E-state index contributed by atoms with van der Waals surface area (Å²) in [7, 11) is 0. The molecule has 0 unspecified atom stereocenters. The van der Waals surface area contributed by atoms with Crippen LogP contribution in [-0.2, 0) is 13.1 Å². The predicted octanol–water partition coefficient (Wildman–Crippen LogP) is 3.95. The molecule has 3 rings (SSSR count). The molecule has 0 saturated heterocycles. The Morgan fingerprint density at radius 1 is 1.23 bits per heavy atom. The lowest BCUT2D eigenvalue weighted by molar-refractivity contribution is 0.180. The van der Waals surface area contributed by atoms with Gasteiger partial charge in [0.1, 0.15) is 11.6 Å². The summed E-state index contributed by atoms with van der Waals surface area (Å²) in [4.78, 5) is 7.41.